The Labute approximate surface area is 172 Å². The lowest BCUT2D eigenvalue weighted by molar-refractivity contribution is 0.102. The van der Waals surface area contributed by atoms with Gasteiger partial charge in [0.25, 0.3) is 11.5 Å². The summed E-state index contributed by atoms with van der Waals surface area (Å²) in [7, 11) is 4.64. The van der Waals surface area contributed by atoms with Gasteiger partial charge in [-0.1, -0.05) is 18.2 Å². The number of amides is 1. The highest BCUT2D eigenvalue weighted by atomic mass is 16.7. The molecule has 156 valence electrons. The molecule has 0 atom stereocenters. The fourth-order valence-corrected chi connectivity index (χ4v) is 3.43. The van der Waals surface area contributed by atoms with Crippen LogP contribution in [0.4, 0.5) is 5.69 Å². The number of ether oxygens (including phenoxy) is 4. The Balaban J connectivity index is 1.77. The predicted octanol–water partition coefficient (Wildman–Crippen LogP) is 2.48. The van der Waals surface area contributed by atoms with Crippen LogP contribution in [0.25, 0.3) is 5.69 Å². The van der Waals surface area contributed by atoms with E-state index in [-0.39, 0.29) is 35.1 Å². The number of rotatable bonds is 5. The average molecular weight is 411 g/mol. The number of benzene rings is 2. The molecule has 1 N–H and O–H groups in total. The van der Waals surface area contributed by atoms with E-state index in [1.54, 1.807) is 18.7 Å². The zero-order valence-electron chi connectivity index (χ0n) is 17.0. The Morgan fingerprint density at radius 3 is 2.47 bits per heavy atom. The van der Waals surface area contributed by atoms with Gasteiger partial charge in [-0.3, -0.25) is 14.3 Å². The third kappa shape index (κ3) is 2.95. The van der Waals surface area contributed by atoms with E-state index in [1.165, 1.54) is 25.0 Å². The van der Waals surface area contributed by atoms with E-state index in [0.717, 1.165) is 0 Å². The summed E-state index contributed by atoms with van der Waals surface area (Å²) < 4.78 is 24.7. The molecule has 0 saturated carbocycles. The summed E-state index contributed by atoms with van der Waals surface area (Å²) in [5, 5.41) is 2.72. The SMILES string of the molecule is COc1cc(C(=O)Nc2c(C)n(C)n(-c3ccccc3)c2=O)c(OC)c2c1OCO2. The van der Waals surface area contributed by atoms with Crippen LogP contribution in [0.2, 0.25) is 0 Å². The molecule has 3 aromatic rings. The van der Waals surface area contributed by atoms with E-state index in [2.05, 4.69) is 5.32 Å². The second-order valence-electron chi connectivity index (χ2n) is 6.62. The molecule has 9 nitrogen and oxygen atoms in total. The first-order chi connectivity index (χ1) is 14.5. The molecule has 4 rings (SSSR count). The number of para-hydroxylation sites is 1. The molecule has 2 heterocycles. The van der Waals surface area contributed by atoms with Crippen molar-refractivity contribution in [3.05, 3.63) is 58.0 Å². The molecule has 0 bridgehead atoms. The van der Waals surface area contributed by atoms with Gasteiger partial charge in [0.1, 0.15) is 5.69 Å². The number of nitrogens with zero attached hydrogens (tertiary/aromatic N) is 2. The summed E-state index contributed by atoms with van der Waals surface area (Å²) in [6.45, 7) is 1.75. The standard InChI is InChI=1S/C21H21N3O6/c1-12-16(21(26)24(23(12)2)13-8-6-5-7-9-13)22-20(25)14-10-15(27-3)18-19(17(14)28-4)30-11-29-18/h5-10H,11H2,1-4H3,(H,22,25). The minimum absolute atomic E-state index is 0.00724. The van der Waals surface area contributed by atoms with Crippen molar-refractivity contribution in [2.45, 2.75) is 6.92 Å². The molecule has 30 heavy (non-hydrogen) atoms. The number of nitrogens with one attached hydrogen (secondary N) is 1. The van der Waals surface area contributed by atoms with Gasteiger partial charge in [-0.2, -0.15) is 0 Å². The molecule has 0 fully saturated rings. The van der Waals surface area contributed by atoms with E-state index in [0.29, 0.717) is 22.9 Å². The molecular formula is C21H21N3O6. The highest BCUT2D eigenvalue weighted by molar-refractivity contribution is 6.07. The summed E-state index contributed by atoms with van der Waals surface area (Å²) >= 11 is 0. The van der Waals surface area contributed by atoms with Crippen molar-refractivity contribution < 1.29 is 23.7 Å². The lowest BCUT2D eigenvalue weighted by atomic mass is 10.1. The Hall–Kier alpha value is -3.88. The van der Waals surface area contributed by atoms with Gasteiger partial charge in [-0.25, -0.2) is 4.68 Å². The predicted molar refractivity (Wildman–Crippen MR) is 109 cm³/mol. The van der Waals surface area contributed by atoms with E-state index in [1.807, 2.05) is 30.3 Å². The van der Waals surface area contributed by atoms with Crippen molar-refractivity contribution >= 4 is 11.6 Å². The van der Waals surface area contributed by atoms with Crippen molar-refractivity contribution in [2.75, 3.05) is 26.3 Å². The number of carbonyl (C=O) groups excluding carboxylic acids is 1. The van der Waals surface area contributed by atoms with Crippen LogP contribution >= 0.6 is 0 Å². The minimum Gasteiger partial charge on any atom is -0.493 e. The van der Waals surface area contributed by atoms with Crippen LogP contribution in [-0.4, -0.2) is 36.3 Å². The molecule has 9 heteroatoms. The van der Waals surface area contributed by atoms with Crippen LogP contribution in [-0.2, 0) is 7.05 Å². The highest BCUT2D eigenvalue weighted by Crippen LogP contribution is 2.49. The number of hydrogen-bond donors (Lipinski definition) is 1. The van der Waals surface area contributed by atoms with Crippen LogP contribution in [0.5, 0.6) is 23.0 Å². The van der Waals surface area contributed by atoms with E-state index < -0.39 is 5.91 Å². The monoisotopic (exact) mass is 411 g/mol. The Kier molecular flexibility index (Phi) is 4.86. The molecule has 1 aromatic heterocycles. The third-order valence-electron chi connectivity index (χ3n) is 5.02. The second-order valence-corrected chi connectivity index (χ2v) is 6.62. The first-order valence-electron chi connectivity index (χ1n) is 9.17. The van der Waals surface area contributed by atoms with Crippen molar-refractivity contribution in [3.8, 4) is 28.7 Å². The van der Waals surface area contributed by atoms with E-state index >= 15 is 0 Å². The van der Waals surface area contributed by atoms with Gasteiger partial charge < -0.3 is 24.3 Å². The van der Waals surface area contributed by atoms with Crippen LogP contribution < -0.4 is 29.8 Å². The van der Waals surface area contributed by atoms with Gasteiger partial charge in [0.05, 0.1) is 31.2 Å². The van der Waals surface area contributed by atoms with Crippen LogP contribution in [0.1, 0.15) is 16.1 Å². The van der Waals surface area contributed by atoms with Crippen molar-refractivity contribution in [3.63, 3.8) is 0 Å². The summed E-state index contributed by atoms with van der Waals surface area (Å²) in [6, 6.07) is 10.7. The zero-order valence-corrected chi connectivity index (χ0v) is 17.0. The van der Waals surface area contributed by atoms with Crippen molar-refractivity contribution in [1.82, 2.24) is 9.36 Å². The number of anilines is 1. The Morgan fingerprint density at radius 2 is 1.80 bits per heavy atom. The molecule has 1 aliphatic heterocycles. The fourth-order valence-electron chi connectivity index (χ4n) is 3.43. The largest absolute Gasteiger partial charge is 0.493 e. The number of hydrogen-bond acceptors (Lipinski definition) is 6. The van der Waals surface area contributed by atoms with Crippen LogP contribution in [0.15, 0.2) is 41.2 Å². The maximum atomic E-state index is 13.1. The number of carbonyl (C=O) groups is 1. The van der Waals surface area contributed by atoms with E-state index in [9.17, 15) is 9.59 Å². The molecule has 1 aliphatic rings. The van der Waals surface area contributed by atoms with Gasteiger partial charge in [0.2, 0.25) is 18.3 Å². The summed E-state index contributed by atoms with van der Waals surface area (Å²) in [5.41, 5.74) is 1.28. The van der Waals surface area contributed by atoms with E-state index in [4.69, 9.17) is 18.9 Å². The zero-order chi connectivity index (χ0) is 21.4. The Bertz CT molecular complexity index is 1180. The minimum atomic E-state index is -0.533. The summed E-state index contributed by atoms with van der Waals surface area (Å²) in [5.74, 6) is 0.661. The molecule has 0 radical (unpaired) electrons. The second kappa shape index (κ2) is 7.51. The molecule has 0 spiro atoms. The van der Waals surface area contributed by atoms with Gasteiger partial charge in [0.15, 0.2) is 11.5 Å². The Morgan fingerprint density at radius 1 is 1.10 bits per heavy atom. The first kappa shape index (κ1) is 19.4. The van der Waals surface area contributed by atoms with Gasteiger partial charge in [-0.15, -0.1) is 0 Å². The summed E-state index contributed by atoms with van der Waals surface area (Å²) in [4.78, 5) is 26.2. The number of methoxy groups -OCH3 is 2. The molecular weight excluding hydrogens is 390 g/mol. The van der Waals surface area contributed by atoms with Crippen LogP contribution in [0.3, 0.4) is 0 Å². The van der Waals surface area contributed by atoms with Gasteiger partial charge >= 0.3 is 0 Å². The number of aromatic nitrogens is 2. The molecule has 0 unspecified atom stereocenters. The average Bonchev–Trinajstić information content (AvgIpc) is 3.33. The smallest absolute Gasteiger partial charge is 0.295 e. The lowest BCUT2D eigenvalue weighted by Crippen LogP contribution is -2.23. The number of fused-ring (bicyclic) bond motifs is 1. The molecule has 0 saturated heterocycles. The topological polar surface area (TPSA) is 93.0 Å². The maximum absolute atomic E-state index is 13.1. The van der Waals surface area contributed by atoms with Crippen molar-refractivity contribution in [2.24, 2.45) is 7.05 Å². The first-order valence-corrected chi connectivity index (χ1v) is 9.17. The summed E-state index contributed by atoms with van der Waals surface area (Å²) in [6.07, 6.45) is 0. The molecule has 2 aromatic carbocycles. The highest BCUT2D eigenvalue weighted by Gasteiger charge is 2.30. The van der Waals surface area contributed by atoms with Gasteiger partial charge in [-0.05, 0) is 19.1 Å². The quantitative estimate of drug-likeness (QED) is 0.693. The third-order valence-corrected chi connectivity index (χ3v) is 5.02. The van der Waals surface area contributed by atoms with Crippen LogP contribution in [0, 0.1) is 6.92 Å². The van der Waals surface area contributed by atoms with Crippen molar-refractivity contribution in [1.29, 1.82) is 0 Å². The fraction of sp³-hybridized carbons (Fsp3) is 0.238. The van der Waals surface area contributed by atoms with Gasteiger partial charge in [0, 0.05) is 13.1 Å². The molecule has 1 amide bonds. The lowest BCUT2D eigenvalue weighted by Gasteiger charge is -2.13. The normalized spacial score (nSPS) is 12.0. The molecule has 0 aliphatic carbocycles. The maximum Gasteiger partial charge on any atom is 0.295 e.